The van der Waals surface area contributed by atoms with Crippen molar-refractivity contribution in [1.29, 1.82) is 0 Å². The van der Waals surface area contributed by atoms with Crippen molar-refractivity contribution >= 4 is 23.4 Å². The second-order valence-electron chi connectivity index (χ2n) is 6.31. The topological polar surface area (TPSA) is 124 Å². The fourth-order valence-corrected chi connectivity index (χ4v) is 2.95. The summed E-state index contributed by atoms with van der Waals surface area (Å²) in [6, 6.07) is 0.905. The number of carbonyl (C=O) groups is 2. The normalized spacial score (nSPS) is 26.5. The minimum absolute atomic E-state index is 0.0146. The van der Waals surface area contributed by atoms with Crippen LogP contribution >= 0.6 is 11.6 Å². The molecule has 0 aromatic heterocycles. The highest BCUT2D eigenvalue weighted by atomic mass is 35.5. The fraction of sp³-hybridized carbons (Fsp3) is 0.444. The first-order valence-electron chi connectivity index (χ1n) is 8.19. The first-order chi connectivity index (χ1) is 12.2. The van der Waals surface area contributed by atoms with Crippen LogP contribution in [0.3, 0.4) is 0 Å². The third kappa shape index (κ3) is 4.97. The molecule has 2 rings (SSSR count). The van der Waals surface area contributed by atoms with E-state index in [0.29, 0.717) is 0 Å². The third-order valence-corrected chi connectivity index (χ3v) is 4.48. The van der Waals surface area contributed by atoms with E-state index in [1.807, 2.05) is 0 Å². The van der Waals surface area contributed by atoms with Gasteiger partial charge in [0.25, 0.3) is 0 Å². The Morgan fingerprint density at radius 3 is 2.46 bits per heavy atom. The molecule has 0 aliphatic carbocycles. The standard InChI is InChI=1S/C18H21ClO7/c1-9-6-11(21)4-2-10(20)3-5-12(22)7-13-16(18(25)26-9)14(23)8-15(24)17(13)19/h2,4,8-11,20-21,23-24H,3,5-7H2,1H3/b4-2+/t9-,10+,11+/m1/s1. The van der Waals surface area contributed by atoms with Crippen LogP contribution in [0.15, 0.2) is 18.2 Å². The van der Waals surface area contributed by atoms with Gasteiger partial charge in [-0.2, -0.15) is 0 Å². The summed E-state index contributed by atoms with van der Waals surface area (Å²) in [5, 5.41) is 39.4. The summed E-state index contributed by atoms with van der Waals surface area (Å²) in [6.07, 6.45) is 0.0675. The molecule has 1 aromatic rings. The van der Waals surface area contributed by atoms with Crippen molar-refractivity contribution in [1.82, 2.24) is 0 Å². The van der Waals surface area contributed by atoms with E-state index >= 15 is 0 Å². The van der Waals surface area contributed by atoms with Crippen molar-refractivity contribution in [3.05, 3.63) is 34.4 Å². The van der Waals surface area contributed by atoms with Crippen LogP contribution in [0.2, 0.25) is 5.02 Å². The number of hydrogen-bond acceptors (Lipinski definition) is 7. The second-order valence-corrected chi connectivity index (χ2v) is 6.69. The zero-order chi connectivity index (χ0) is 19.4. The highest BCUT2D eigenvalue weighted by molar-refractivity contribution is 6.33. The van der Waals surface area contributed by atoms with Crippen LogP contribution in [0, 0.1) is 0 Å². The number of halogens is 1. The number of fused-ring (bicyclic) bond motifs is 1. The molecule has 142 valence electrons. The Bertz CT molecular complexity index is 729. The molecule has 7 nitrogen and oxygen atoms in total. The number of aliphatic hydroxyl groups is 2. The van der Waals surface area contributed by atoms with E-state index in [1.54, 1.807) is 6.92 Å². The predicted molar refractivity (Wildman–Crippen MR) is 93.4 cm³/mol. The SMILES string of the molecule is C[C@@H]1C[C@@H](O)/C=C/[C@H](O)CCC(=O)Cc2c(Cl)c(O)cc(O)c2C(=O)O1. The Morgan fingerprint density at radius 1 is 1.12 bits per heavy atom. The monoisotopic (exact) mass is 384 g/mol. The van der Waals surface area contributed by atoms with E-state index in [4.69, 9.17) is 16.3 Å². The van der Waals surface area contributed by atoms with Crippen LogP contribution in [0.4, 0.5) is 0 Å². The van der Waals surface area contributed by atoms with Gasteiger partial charge in [-0.3, -0.25) is 4.79 Å². The molecule has 0 saturated carbocycles. The van der Waals surface area contributed by atoms with Crippen LogP contribution in [-0.4, -0.2) is 50.5 Å². The number of aromatic hydroxyl groups is 2. The molecule has 0 saturated heterocycles. The number of aliphatic hydroxyl groups excluding tert-OH is 2. The Balaban J connectivity index is 2.45. The Hall–Kier alpha value is -2.09. The van der Waals surface area contributed by atoms with Crippen molar-refractivity contribution in [2.45, 2.75) is 50.9 Å². The smallest absolute Gasteiger partial charge is 0.342 e. The number of benzene rings is 1. The van der Waals surface area contributed by atoms with Crippen LogP contribution < -0.4 is 0 Å². The minimum atomic E-state index is -0.956. The number of esters is 1. The van der Waals surface area contributed by atoms with Crippen molar-refractivity contribution in [2.24, 2.45) is 0 Å². The van der Waals surface area contributed by atoms with Gasteiger partial charge in [-0.15, -0.1) is 0 Å². The van der Waals surface area contributed by atoms with E-state index in [0.717, 1.165) is 6.07 Å². The zero-order valence-electron chi connectivity index (χ0n) is 14.2. The number of Topliss-reactive ketones (excluding diaryl/α,β-unsaturated/α-hetero) is 1. The molecule has 0 radical (unpaired) electrons. The van der Waals surface area contributed by atoms with Crippen LogP contribution in [0.1, 0.15) is 42.1 Å². The maximum Gasteiger partial charge on any atom is 0.342 e. The number of ether oxygens (including phenoxy) is 1. The summed E-state index contributed by atoms with van der Waals surface area (Å²) in [6.45, 7) is 1.56. The molecule has 0 amide bonds. The Labute approximate surface area is 155 Å². The largest absolute Gasteiger partial charge is 0.507 e. The van der Waals surface area contributed by atoms with Gasteiger partial charge in [0, 0.05) is 30.9 Å². The summed E-state index contributed by atoms with van der Waals surface area (Å²) < 4.78 is 5.22. The lowest BCUT2D eigenvalue weighted by molar-refractivity contribution is -0.118. The molecule has 8 heteroatoms. The lowest BCUT2D eigenvalue weighted by Crippen LogP contribution is -2.22. The van der Waals surface area contributed by atoms with Crippen molar-refractivity contribution in [2.75, 3.05) is 0 Å². The van der Waals surface area contributed by atoms with Crippen LogP contribution in [-0.2, 0) is 16.0 Å². The number of phenols is 2. The summed E-state index contributed by atoms with van der Waals surface area (Å²) in [5.41, 5.74) is -0.329. The highest BCUT2D eigenvalue weighted by Gasteiger charge is 2.27. The summed E-state index contributed by atoms with van der Waals surface area (Å²) in [7, 11) is 0. The van der Waals surface area contributed by atoms with E-state index < -0.39 is 35.8 Å². The lowest BCUT2D eigenvalue weighted by Gasteiger charge is -2.19. The van der Waals surface area contributed by atoms with Crippen molar-refractivity contribution in [3.63, 3.8) is 0 Å². The average Bonchev–Trinajstić information content (AvgIpc) is 2.54. The molecule has 1 heterocycles. The van der Waals surface area contributed by atoms with Crippen molar-refractivity contribution < 1.29 is 34.8 Å². The fourth-order valence-electron chi connectivity index (χ4n) is 2.73. The van der Waals surface area contributed by atoms with E-state index in [-0.39, 0.29) is 47.6 Å². The summed E-state index contributed by atoms with van der Waals surface area (Å²) >= 11 is 6.03. The first kappa shape index (κ1) is 20.2. The Kier molecular flexibility index (Phi) is 6.63. The number of phenolic OH excluding ortho intramolecular Hbond substituents is 2. The molecule has 0 spiro atoms. The quantitative estimate of drug-likeness (QED) is 0.397. The van der Waals surface area contributed by atoms with Gasteiger partial charge < -0.3 is 25.2 Å². The molecule has 4 N–H and O–H groups in total. The predicted octanol–water partition coefficient (Wildman–Crippen LogP) is 1.87. The first-order valence-corrected chi connectivity index (χ1v) is 8.57. The molecule has 0 bridgehead atoms. The van der Waals surface area contributed by atoms with Gasteiger partial charge in [-0.25, -0.2) is 4.79 Å². The maximum absolute atomic E-state index is 12.5. The maximum atomic E-state index is 12.5. The van der Waals surface area contributed by atoms with E-state index in [1.165, 1.54) is 12.2 Å². The molecule has 1 aliphatic rings. The van der Waals surface area contributed by atoms with Crippen molar-refractivity contribution in [3.8, 4) is 11.5 Å². The molecule has 1 aliphatic heterocycles. The molecule has 1 aromatic carbocycles. The minimum Gasteiger partial charge on any atom is -0.507 e. The molecular formula is C18H21ClO7. The number of ketones is 1. The lowest BCUT2D eigenvalue weighted by atomic mass is 9.97. The average molecular weight is 385 g/mol. The summed E-state index contributed by atoms with van der Waals surface area (Å²) in [4.78, 5) is 24.7. The van der Waals surface area contributed by atoms with Gasteiger partial charge in [0.1, 0.15) is 28.9 Å². The van der Waals surface area contributed by atoms with Gasteiger partial charge in [0.2, 0.25) is 0 Å². The third-order valence-electron chi connectivity index (χ3n) is 4.06. The molecule has 0 fully saturated rings. The second kappa shape index (κ2) is 8.53. The van der Waals surface area contributed by atoms with E-state index in [9.17, 15) is 30.0 Å². The van der Waals surface area contributed by atoms with Gasteiger partial charge in [0.05, 0.1) is 17.2 Å². The number of carbonyl (C=O) groups excluding carboxylic acids is 2. The number of cyclic esters (lactones) is 1. The molecule has 26 heavy (non-hydrogen) atoms. The van der Waals surface area contributed by atoms with Gasteiger partial charge in [-0.05, 0) is 13.3 Å². The number of hydrogen-bond donors (Lipinski definition) is 4. The molecular weight excluding hydrogens is 364 g/mol. The highest BCUT2D eigenvalue weighted by Crippen LogP contribution is 2.37. The molecule has 0 unspecified atom stereocenters. The summed E-state index contributed by atoms with van der Waals surface area (Å²) in [5.74, 6) is -2.27. The molecule has 3 atom stereocenters. The zero-order valence-corrected chi connectivity index (χ0v) is 14.9. The van der Waals surface area contributed by atoms with Crippen LogP contribution in [0.5, 0.6) is 11.5 Å². The number of rotatable bonds is 0. The van der Waals surface area contributed by atoms with E-state index in [2.05, 4.69) is 0 Å². The van der Waals surface area contributed by atoms with Crippen LogP contribution in [0.25, 0.3) is 0 Å². The van der Waals surface area contributed by atoms with Gasteiger partial charge in [0.15, 0.2) is 0 Å². The van der Waals surface area contributed by atoms with Gasteiger partial charge in [-0.1, -0.05) is 23.8 Å². The van der Waals surface area contributed by atoms with Gasteiger partial charge >= 0.3 is 5.97 Å². The Morgan fingerprint density at radius 2 is 1.77 bits per heavy atom.